The zero-order chi connectivity index (χ0) is 23.1. The number of fused-ring (bicyclic) bond motifs is 1. The molecule has 6 heteroatoms. The number of carbonyl (C=O) groups excluding carboxylic acids is 2. The maximum Gasteiger partial charge on any atom is 0.410 e. The van der Waals surface area contributed by atoms with Gasteiger partial charge in [0.15, 0.2) is 0 Å². The zero-order valence-electron chi connectivity index (χ0n) is 19.5. The maximum absolute atomic E-state index is 12.8. The van der Waals surface area contributed by atoms with E-state index < -0.39 is 5.60 Å². The van der Waals surface area contributed by atoms with Crippen molar-refractivity contribution in [2.24, 2.45) is 0 Å². The third kappa shape index (κ3) is 7.01. The normalized spacial score (nSPS) is 14.9. The lowest BCUT2D eigenvalue weighted by molar-refractivity contribution is 0.0179. The second-order valence-electron chi connectivity index (χ2n) is 9.31. The van der Waals surface area contributed by atoms with Crippen LogP contribution in [0.25, 0.3) is 0 Å². The van der Waals surface area contributed by atoms with E-state index in [0.29, 0.717) is 25.2 Å². The predicted molar refractivity (Wildman–Crippen MR) is 125 cm³/mol. The standard InChI is InChI=1S/C26H34N2O4/c1-19-10-9-12-21(16-19)24(29)27-14-7-8-15-28(25(30)32-26(2,3)4)18-22-17-20-11-5-6-13-23(20)31-22/h5-6,9-13,16,22H,7-8,14-15,17-18H2,1-4H3,(H,27,29). The fraction of sp³-hybridized carbons (Fsp3) is 0.462. The number of unbranched alkanes of at least 4 members (excludes halogenated alkanes) is 1. The van der Waals surface area contributed by atoms with Gasteiger partial charge in [-0.2, -0.15) is 0 Å². The molecule has 32 heavy (non-hydrogen) atoms. The van der Waals surface area contributed by atoms with Crippen molar-refractivity contribution in [1.29, 1.82) is 0 Å². The third-order valence-electron chi connectivity index (χ3n) is 5.21. The van der Waals surface area contributed by atoms with Crippen molar-refractivity contribution in [2.75, 3.05) is 19.6 Å². The molecule has 0 fully saturated rings. The van der Waals surface area contributed by atoms with E-state index in [1.807, 2.05) is 70.2 Å². The molecule has 1 unspecified atom stereocenters. The Bertz CT molecular complexity index is 910. The highest BCUT2D eigenvalue weighted by atomic mass is 16.6. The smallest absolute Gasteiger partial charge is 0.410 e. The van der Waals surface area contributed by atoms with Gasteiger partial charge >= 0.3 is 6.09 Å². The van der Waals surface area contributed by atoms with Crippen LogP contribution in [-0.2, 0) is 11.2 Å². The largest absolute Gasteiger partial charge is 0.488 e. The van der Waals surface area contributed by atoms with Gasteiger partial charge in [0.05, 0.1) is 6.54 Å². The first-order valence-electron chi connectivity index (χ1n) is 11.3. The quantitative estimate of drug-likeness (QED) is 0.604. The average molecular weight is 439 g/mol. The number of hydrogen-bond acceptors (Lipinski definition) is 4. The summed E-state index contributed by atoms with van der Waals surface area (Å²) in [6, 6.07) is 15.5. The summed E-state index contributed by atoms with van der Waals surface area (Å²) in [6.07, 6.45) is 1.89. The molecule has 1 atom stereocenters. The van der Waals surface area contributed by atoms with Crippen molar-refractivity contribution in [2.45, 2.75) is 58.7 Å². The first-order valence-corrected chi connectivity index (χ1v) is 11.3. The second-order valence-corrected chi connectivity index (χ2v) is 9.31. The number of amides is 2. The molecule has 2 aromatic rings. The van der Waals surface area contributed by atoms with Crippen molar-refractivity contribution in [3.8, 4) is 5.75 Å². The summed E-state index contributed by atoms with van der Waals surface area (Å²) in [4.78, 5) is 26.8. The highest BCUT2D eigenvalue weighted by molar-refractivity contribution is 5.94. The molecule has 0 aromatic heterocycles. The van der Waals surface area contributed by atoms with E-state index in [9.17, 15) is 9.59 Å². The Morgan fingerprint density at radius 3 is 2.62 bits per heavy atom. The number of aryl methyl sites for hydroxylation is 1. The molecule has 3 rings (SSSR count). The highest BCUT2D eigenvalue weighted by Gasteiger charge is 2.29. The molecule has 1 N–H and O–H groups in total. The number of para-hydroxylation sites is 1. The molecular weight excluding hydrogens is 404 g/mol. The molecule has 0 saturated heterocycles. The second kappa shape index (κ2) is 10.5. The Kier molecular flexibility index (Phi) is 7.78. The summed E-state index contributed by atoms with van der Waals surface area (Å²) in [6.45, 7) is 9.14. The molecule has 0 spiro atoms. The molecule has 0 bridgehead atoms. The van der Waals surface area contributed by atoms with Gasteiger partial charge in [-0.3, -0.25) is 4.79 Å². The zero-order valence-corrected chi connectivity index (χ0v) is 19.5. The number of carbonyl (C=O) groups is 2. The van der Waals surface area contributed by atoms with Crippen LogP contribution < -0.4 is 10.1 Å². The third-order valence-corrected chi connectivity index (χ3v) is 5.21. The van der Waals surface area contributed by atoms with Crippen molar-refractivity contribution in [3.05, 3.63) is 65.2 Å². The molecule has 2 amide bonds. The maximum atomic E-state index is 12.8. The Balaban J connectivity index is 1.49. The number of hydrogen-bond donors (Lipinski definition) is 1. The predicted octanol–water partition coefficient (Wildman–Crippen LogP) is 4.75. The van der Waals surface area contributed by atoms with E-state index in [1.165, 1.54) is 5.56 Å². The number of rotatable bonds is 8. The minimum absolute atomic E-state index is 0.0742. The van der Waals surface area contributed by atoms with Crippen LogP contribution >= 0.6 is 0 Å². The van der Waals surface area contributed by atoms with Gasteiger partial charge < -0.3 is 19.7 Å². The first-order chi connectivity index (χ1) is 15.2. The molecule has 172 valence electrons. The van der Waals surface area contributed by atoms with E-state index in [0.717, 1.165) is 30.6 Å². The lowest BCUT2D eigenvalue weighted by Gasteiger charge is -2.29. The number of benzene rings is 2. The van der Waals surface area contributed by atoms with Gasteiger partial charge in [-0.05, 0) is 64.3 Å². The Morgan fingerprint density at radius 2 is 1.91 bits per heavy atom. The van der Waals surface area contributed by atoms with Crippen LogP contribution in [0.15, 0.2) is 48.5 Å². The van der Waals surface area contributed by atoms with E-state index >= 15 is 0 Å². The molecule has 2 aromatic carbocycles. The van der Waals surface area contributed by atoms with Gasteiger partial charge in [-0.1, -0.05) is 35.9 Å². The summed E-state index contributed by atoms with van der Waals surface area (Å²) in [5.74, 6) is 0.815. The molecule has 1 aliphatic heterocycles. The first kappa shape index (κ1) is 23.6. The number of nitrogens with zero attached hydrogens (tertiary/aromatic N) is 1. The van der Waals surface area contributed by atoms with Gasteiger partial charge in [0.25, 0.3) is 5.91 Å². The van der Waals surface area contributed by atoms with Gasteiger partial charge in [0.1, 0.15) is 17.5 Å². The van der Waals surface area contributed by atoms with Crippen LogP contribution in [0.4, 0.5) is 4.79 Å². The summed E-state index contributed by atoms with van der Waals surface area (Å²) >= 11 is 0. The average Bonchev–Trinajstić information content (AvgIpc) is 3.13. The van der Waals surface area contributed by atoms with Gasteiger partial charge in [-0.25, -0.2) is 4.79 Å². The monoisotopic (exact) mass is 438 g/mol. The van der Waals surface area contributed by atoms with Gasteiger partial charge in [0.2, 0.25) is 0 Å². The van der Waals surface area contributed by atoms with Crippen LogP contribution in [-0.4, -0.2) is 48.2 Å². The van der Waals surface area contributed by atoms with Crippen LogP contribution in [0.1, 0.15) is 55.1 Å². The lowest BCUT2D eigenvalue weighted by atomic mass is 10.1. The van der Waals surface area contributed by atoms with Crippen molar-refractivity contribution in [3.63, 3.8) is 0 Å². The Hall–Kier alpha value is -3.02. The van der Waals surface area contributed by atoms with Crippen LogP contribution in [0.2, 0.25) is 0 Å². The molecule has 1 heterocycles. The van der Waals surface area contributed by atoms with Crippen LogP contribution in [0, 0.1) is 6.92 Å². The van der Waals surface area contributed by atoms with Gasteiger partial charge in [0, 0.05) is 25.1 Å². The fourth-order valence-electron chi connectivity index (χ4n) is 3.70. The van der Waals surface area contributed by atoms with E-state index in [4.69, 9.17) is 9.47 Å². The number of nitrogens with one attached hydrogen (secondary N) is 1. The lowest BCUT2D eigenvalue weighted by Crippen LogP contribution is -2.43. The van der Waals surface area contributed by atoms with E-state index in [-0.39, 0.29) is 18.1 Å². The summed E-state index contributed by atoms with van der Waals surface area (Å²) in [5.41, 5.74) is 2.33. The summed E-state index contributed by atoms with van der Waals surface area (Å²) in [7, 11) is 0. The topological polar surface area (TPSA) is 67.9 Å². The highest BCUT2D eigenvalue weighted by Crippen LogP contribution is 2.28. The van der Waals surface area contributed by atoms with Crippen molar-refractivity contribution < 1.29 is 19.1 Å². The summed E-state index contributed by atoms with van der Waals surface area (Å²) in [5, 5.41) is 2.95. The molecule has 6 nitrogen and oxygen atoms in total. The Labute approximate surface area is 190 Å². The van der Waals surface area contributed by atoms with Crippen LogP contribution in [0.3, 0.4) is 0 Å². The SMILES string of the molecule is Cc1cccc(C(=O)NCCCCN(CC2Cc3ccccc3O2)C(=O)OC(C)(C)C)c1. The molecule has 0 aliphatic carbocycles. The minimum Gasteiger partial charge on any atom is -0.488 e. The summed E-state index contributed by atoms with van der Waals surface area (Å²) < 4.78 is 11.6. The number of ether oxygens (including phenoxy) is 2. The molecule has 0 saturated carbocycles. The van der Waals surface area contributed by atoms with Crippen LogP contribution in [0.5, 0.6) is 5.75 Å². The van der Waals surface area contributed by atoms with Crippen molar-refractivity contribution in [1.82, 2.24) is 10.2 Å². The minimum atomic E-state index is -0.559. The van der Waals surface area contributed by atoms with Gasteiger partial charge in [-0.15, -0.1) is 0 Å². The fourth-order valence-corrected chi connectivity index (χ4v) is 3.70. The van der Waals surface area contributed by atoms with Crippen molar-refractivity contribution >= 4 is 12.0 Å². The van der Waals surface area contributed by atoms with E-state index in [1.54, 1.807) is 4.90 Å². The molecule has 1 aliphatic rings. The molecule has 0 radical (unpaired) electrons. The Morgan fingerprint density at radius 1 is 1.12 bits per heavy atom. The van der Waals surface area contributed by atoms with E-state index in [2.05, 4.69) is 11.4 Å². The molecular formula is C26H34N2O4.